The fraction of sp³-hybridized carbons (Fsp3) is 0.667. The van der Waals surface area contributed by atoms with Crippen LogP contribution in [0.5, 0.6) is 0 Å². The highest BCUT2D eigenvalue weighted by Gasteiger charge is 2.63. The number of hydrogen-bond acceptors (Lipinski definition) is 1. The second-order valence-electron chi connectivity index (χ2n) is 7.28. The predicted octanol–water partition coefficient (Wildman–Crippen LogP) is 4.72. The molecule has 1 saturated carbocycles. The van der Waals surface area contributed by atoms with Gasteiger partial charge in [-0.3, -0.25) is 0 Å². The maximum Gasteiger partial charge on any atom is 0.0317 e. The average Bonchev–Trinajstić information content (AvgIpc) is 2.73. The van der Waals surface area contributed by atoms with Crippen molar-refractivity contribution < 1.29 is 0 Å². The van der Waals surface area contributed by atoms with Gasteiger partial charge in [-0.15, -0.1) is 0 Å². The molecule has 106 valence electrons. The topological polar surface area (TPSA) is 12.0 Å². The Morgan fingerprint density at radius 1 is 1.05 bits per heavy atom. The lowest BCUT2D eigenvalue weighted by molar-refractivity contribution is 0.457. The Hall–Kier alpha value is -0.820. The van der Waals surface area contributed by atoms with Gasteiger partial charge in [0.1, 0.15) is 0 Å². The largest absolute Gasteiger partial charge is 0.310 e. The molecule has 1 aliphatic rings. The lowest BCUT2D eigenvalue weighted by Crippen LogP contribution is -2.24. The van der Waals surface area contributed by atoms with E-state index in [1.165, 1.54) is 11.1 Å². The van der Waals surface area contributed by atoms with Gasteiger partial charge in [-0.1, -0.05) is 64.4 Å². The van der Waals surface area contributed by atoms with Crippen LogP contribution in [0.2, 0.25) is 0 Å². The summed E-state index contributed by atoms with van der Waals surface area (Å²) in [4.78, 5) is 0. The van der Waals surface area contributed by atoms with Crippen molar-refractivity contribution in [1.82, 2.24) is 5.32 Å². The van der Waals surface area contributed by atoms with E-state index in [0.717, 1.165) is 18.9 Å². The van der Waals surface area contributed by atoms with E-state index in [-0.39, 0.29) is 0 Å². The summed E-state index contributed by atoms with van der Waals surface area (Å²) in [6.45, 7) is 15.1. The van der Waals surface area contributed by atoms with Crippen LogP contribution in [0.4, 0.5) is 0 Å². The summed E-state index contributed by atoms with van der Waals surface area (Å²) in [5.41, 5.74) is 3.71. The minimum absolute atomic E-state index is 0.478. The molecule has 1 N–H and O–H groups in total. The van der Waals surface area contributed by atoms with Gasteiger partial charge >= 0.3 is 0 Å². The smallest absolute Gasteiger partial charge is 0.0317 e. The molecule has 0 bridgehead atoms. The van der Waals surface area contributed by atoms with Gasteiger partial charge in [0.2, 0.25) is 0 Å². The van der Waals surface area contributed by atoms with E-state index in [1.54, 1.807) is 0 Å². The molecule has 1 aliphatic carbocycles. The minimum Gasteiger partial charge on any atom is -0.310 e. The molecule has 0 spiro atoms. The highest BCUT2D eigenvalue weighted by atomic mass is 14.9. The quantitative estimate of drug-likeness (QED) is 0.807. The van der Waals surface area contributed by atoms with Crippen molar-refractivity contribution in [3.63, 3.8) is 0 Å². The van der Waals surface area contributed by atoms with Gasteiger partial charge in [0, 0.05) is 6.04 Å². The Morgan fingerprint density at radius 2 is 1.58 bits per heavy atom. The molecular weight excluding hydrogens is 230 g/mol. The van der Waals surface area contributed by atoms with Crippen LogP contribution in [-0.4, -0.2) is 6.54 Å². The van der Waals surface area contributed by atoms with Crippen molar-refractivity contribution in [2.75, 3.05) is 6.54 Å². The first kappa shape index (κ1) is 14.6. The SMILES string of the molecule is CCC(NCC1C(C)(C)C1(C)C)c1ccc(C)cc1. The molecule has 19 heavy (non-hydrogen) atoms. The van der Waals surface area contributed by atoms with E-state index in [4.69, 9.17) is 0 Å². The Labute approximate surface area is 118 Å². The lowest BCUT2D eigenvalue weighted by atomic mass is 10.0. The molecule has 0 saturated heterocycles. The second-order valence-corrected chi connectivity index (χ2v) is 7.28. The summed E-state index contributed by atoms with van der Waals surface area (Å²) in [5, 5.41) is 3.78. The third kappa shape index (κ3) is 2.58. The third-order valence-corrected chi connectivity index (χ3v) is 5.78. The molecule has 1 fully saturated rings. The van der Waals surface area contributed by atoms with Crippen molar-refractivity contribution in [1.29, 1.82) is 0 Å². The van der Waals surface area contributed by atoms with Crippen LogP contribution in [0.1, 0.15) is 58.2 Å². The lowest BCUT2D eigenvalue weighted by Gasteiger charge is -2.18. The molecule has 1 nitrogen and oxygen atoms in total. The summed E-state index contributed by atoms with van der Waals surface area (Å²) >= 11 is 0. The summed E-state index contributed by atoms with van der Waals surface area (Å²) < 4.78 is 0. The monoisotopic (exact) mass is 259 g/mol. The standard InChI is InChI=1S/C18H29N/c1-7-15(14-10-8-13(2)9-11-14)19-12-16-17(3,4)18(16,5)6/h8-11,15-16,19H,7,12H2,1-6H3. The van der Waals surface area contributed by atoms with Crippen LogP contribution in [0.25, 0.3) is 0 Å². The van der Waals surface area contributed by atoms with Gasteiger partial charge in [-0.2, -0.15) is 0 Å². The summed E-state index contributed by atoms with van der Waals surface area (Å²) in [6, 6.07) is 9.45. The molecule has 1 atom stereocenters. The van der Waals surface area contributed by atoms with Gasteiger partial charge in [0.25, 0.3) is 0 Å². The molecular formula is C18H29N. The van der Waals surface area contributed by atoms with E-state index < -0.39 is 0 Å². The highest BCUT2D eigenvalue weighted by molar-refractivity contribution is 5.24. The molecule has 0 aliphatic heterocycles. The van der Waals surface area contributed by atoms with Crippen LogP contribution in [0.3, 0.4) is 0 Å². The molecule has 1 heteroatoms. The van der Waals surface area contributed by atoms with Crippen LogP contribution in [-0.2, 0) is 0 Å². The number of rotatable bonds is 5. The van der Waals surface area contributed by atoms with Crippen LogP contribution in [0.15, 0.2) is 24.3 Å². The maximum atomic E-state index is 3.78. The van der Waals surface area contributed by atoms with Crippen molar-refractivity contribution in [2.24, 2.45) is 16.7 Å². The normalized spacial score (nSPS) is 22.2. The first-order valence-corrected chi connectivity index (χ1v) is 7.60. The summed E-state index contributed by atoms with van der Waals surface area (Å²) in [5.74, 6) is 0.791. The Balaban J connectivity index is 1.96. The highest BCUT2D eigenvalue weighted by Crippen LogP contribution is 2.68. The van der Waals surface area contributed by atoms with E-state index >= 15 is 0 Å². The molecule has 0 aromatic heterocycles. The van der Waals surface area contributed by atoms with Crippen molar-refractivity contribution in [3.05, 3.63) is 35.4 Å². The summed E-state index contributed by atoms with van der Waals surface area (Å²) in [6.07, 6.45) is 1.15. The van der Waals surface area contributed by atoms with Gasteiger partial charge in [-0.05, 0) is 42.2 Å². The van der Waals surface area contributed by atoms with E-state index in [1.807, 2.05) is 0 Å². The number of aryl methyl sites for hydroxylation is 1. The molecule has 1 unspecified atom stereocenters. The third-order valence-electron chi connectivity index (χ3n) is 5.78. The average molecular weight is 259 g/mol. The van der Waals surface area contributed by atoms with Gasteiger partial charge in [-0.25, -0.2) is 0 Å². The minimum atomic E-state index is 0.478. The second kappa shape index (κ2) is 4.94. The molecule has 0 heterocycles. The van der Waals surface area contributed by atoms with Crippen LogP contribution >= 0.6 is 0 Å². The summed E-state index contributed by atoms with van der Waals surface area (Å²) in [7, 11) is 0. The van der Waals surface area contributed by atoms with Gasteiger partial charge in [0.15, 0.2) is 0 Å². The van der Waals surface area contributed by atoms with Crippen molar-refractivity contribution >= 4 is 0 Å². The molecule has 1 aromatic carbocycles. The molecule has 2 rings (SSSR count). The number of benzene rings is 1. The van der Waals surface area contributed by atoms with Crippen molar-refractivity contribution in [3.8, 4) is 0 Å². The van der Waals surface area contributed by atoms with E-state index in [2.05, 4.69) is 71.1 Å². The zero-order valence-electron chi connectivity index (χ0n) is 13.4. The predicted molar refractivity (Wildman–Crippen MR) is 83.3 cm³/mol. The molecule has 0 radical (unpaired) electrons. The van der Waals surface area contributed by atoms with E-state index in [9.17, 15) is 0 Å². The molecule has 1 aromatic rings. The maximum absolute atomic E-state index is 3.78. The fourth-order valence-electron chi connectivity index (χ4n) is 3.40. The number of nitrogens with one attached hydrogen (secondary N) is 1. The fourth-order valence-corrected chi connectivity index (χ4v) is 3.40. The first-order valence-electron chi connectivity index (χ1n) is 7.60. The van der Waals surface area contributed by atoms with Gasteiger partial charge < -0.3 is 5.32 Å². The van der Waals surface area contributed by atoms with E-state index in [0.29, 0.717) is 16.9 Å². The van der Waals surface area contributed by atoms with Crippen LogP contribution in [0, 0.1) is 23.7 Å². The van der Waals surface area contributed by atoms with Gasteiger partial charge in [0.05, 0.1) is 0 Å². The zero-order valence-corrected chi connectivity index (χ0v) is 13.4. The number of hydrogen-bond donors (Lipinski definition) is 1. The molecule has 0 amide bonds. The zero-order chi connectivity index (χ0) is 14.3. The Bertz CT molecular complexity index is 414. The first-order chi connectivity index (χ1) is 8.80. The van der Waals surface area contributed by atoms with Crippen molar-refractivity contribution in [2.45, 2.75) is 54.0 Å². The Kier molecular flexibility index (Phi) is 3.79. The van der Waals surface area contributed by atoms with Crippen LogP contribution < -0.4 is 5.32 Å². The Morgan fingerprint density at radius 3 is 2.00 bits per heavy atom.